The zero-order valence-corrected chi connectivity index (χ0v) is 20.9. The van der Waals surface area contributed by atoms with Crippen molar-refractivity contribution >= 4 is 47.8 Å². The standard InChI is InChI=1S/C14H16BrF6NO.C6H4Br2/c1-8(13(16,17)18)6-11(7-23)22-12(14(19,20)21)9-2-4-10(15)5-3-9;7-5-1-2-6(8)4-3-5/h2-5,8,11-12,22-23H,6-7H2,1H3;1-4H/t8-,11-,12-;/m0./s1. The second-order valence-corrected chi connectivity index (χ2v) is 9.43. The number of aliphatic hydroxyl groups excluding tert-OH is 1. The molecular formula is C20H20Br3F6NO. The van der Waals surface area contributed by atoms with Crippen LogP contribution in [0.25, 0.3) is 0 Å². The molecule has 31 heavy (non-hydrogen) atoms. The molecule has 0 saturated carbocycles. The second kappa shape index (κ2) is 12.6. The predicted octanol–water partition coefficient (Wildman–Crippen LogP) is 7.80. The lowest BCUT2D eigenvalue weighted by atomic mass is 9.99. The van der Waals surface area contributed by atoms with Gasteiger partial charge in [0.2, 0.25) is 0 Å². The highest BCUT2D eigenvalue weighted by molar-refractivity contribution is 9.11. The Labute approximate surface area is 201 Å². The van der Waals surface area contributed by atoms with Gasteiger partial charge in [0.1, 0.15) is 6.04 Å². The summed E-state index contributed by atoms with van der Waals surface area (Å²) in [5.41, 5.74) is -0.140. The molecule has 0 amide bonds. The summed E-state index contributed by atoms with van der Waals surface area (Å²) < 4.78 is 80.0. The van der Waals surface area contributed by atoms with Crippen LogP contribution in [0.15, 0.2) is 61.9 Å². The summed E-state index contributed by atoms with van der Waals surface area (Å²) in [6, 6.07) is 9.72. The van der Waals surface area contributed by atoms with Crippen LogP contribution < -0.4 is 5.32 Å². The Hall–Kier alpha value is -0.620. The van der Waals surface area contributed by atoms with Crippen molar-refractivity contribution in [1.29, 1.82) is 0 Å². The van der Waals surface area contributed by atoms with Crippen LogP contribution in [0, 0.1) is 5.92 Å². The molecule has 0 aromatic heterocycles. The number of benzene rings is 2. The van der Waals surface area contributed by atoms with Gasteiger partial charge >= 0.3 is 12.4 Å². The van der Waals surface area contributed by atoms with Crippen LogP contribution in [0.5, 0.6) is 0 Å². The van der Waals surface area contributed by atoms with E-state index >= 15 is 0 Å². The number of hydrogen-bond donors (Lipinski definition) is 2. The quantitative estimate of drug-likeness (QED) is 0.315. The lowest BCUT2D eigenvalue weighted by Gasteiger charge is -2.29. The summed E-state index contributed by atoms with van der Waals surface area (Å²) in [6.45, 7) is 0.0378. The number of aliphatic hydroxyl groups is 1. The molecule has 0 spiro atoms. The van der Waals surface area contributed by atoms with Gasteiger partial charge in [0.15, 0.2) is 0 Å². The van der Waals surface area contributed by atoms with Crippen LogP contribution in [0.3, 0.4) is 0 Å². The molecule has 174 valence electrons. The van der Waals surface area contributed by atoms with Gasteiger partial charge in [0.25, 0.3) is 0 Å². The molecule has 2 N–H and O–H groups in total. The Bertz CT molecular complexity index is 760. The third-order valence-corrected chi connectivity index (χ3v) is 5.74. The average Bonchev–Trinajstić information content (AvgIpc) is 2.67. The molecule has 0 heterocycles. The first-order valence-electron chi connectivity index (χ1n) is 8.91. The van der Waals surface area contributed by atoms with Gasteiger partial charge in [-0.1, -0.05) is 66.8 Å². The van der Waals surface area contributed by atoms with E-state index in [1.54, 1.807) is 0 Å². The highest BCUT2D eigenvalue weighted by atomic mass is 79.9. The number of alkyl halides is 6. The van der Waals surface area contributed by atoms with Crippen LogP contribution >= 0.6 is 47.8 Å². The molecule has 2 rings (SSSR count). The smallest absolute Gasteiger partial charge is 0.395 e. The first-order valence-corrected chi connectivity index (χ1v) is 11.3. The molecule has 2 aromatic carbocycles. The molecule has 0 aliphatic rings. The summed E-state index contributed by atoms with van der Waals surface area (Å²) in [5, 5.41) is 11.2. The predicted molar refractivity (Wildman–Crippen MR) is 119 cm³/mol. The maximum absolute atomic E-state index is 13.2. The van der Waals surface area contributed by atoms with Crippen molar-refractivity contribution in [3.8, 4) is 0 Å². The van der Waals surface area contributed by atoms with E-state index in [0.29, 0.717) is 4.47 Å². The molecule has 0 bridgehead atoms. The summed E-state index contributed by atoms with van der Waals surface area (Å²) in [7, 11) is 0. The fourth-order valence-corrected chi connectivity index (χ4v) is 3.25. The van der Waals surface area contributed by atoms with Crippen LogP contribution in [0.1, 0.15) is 24.9 Å². The SMILES string of the molecule is Brc1ccc(Br)cc1.C[C@@H](C[C@@H](CO)N[C@@H](c1ccc(Br)cc1)C(F)(F)F)C(F)(F)F. The van der Waals surface area contributed by atoms with E-state index in [-0.39, 0.29) is 5.56 Å². The fourth-order valence-electron chi connectivity index (χ4n) is 2.46. The molecule has 3 atom stereocenters. The molecule has 0 aliphatic heterocycles. The van der Waals surface area contributed by atoms with Gasteiger partial charge < -0.3 is 5.11 Å². The van der Waals surface area contributed by atoms with Gasteiger partial charge in [0, 0.05) is 19.5 Å². The molecule has 0 unspecified atom stereocenters. The topological polar surface area (TPSA) is 32.3 Å². The van der Waals surface area contributed by atoms with Crippen molar-refractivity contribution in [2.75, 3.05) is 6.61 Å². The van der Waals surface area contributed by atoms with Gasteiger partial charge in [0.05, 0.1) is 12.5 Å². The van der Waals surface area contributed by atoms with Crippen molar-refractivity contribution < 1.29 is 31.4 Å². The zero-order valence-electron chi connectivity index (χ0n) is 16.1. The minimum absolute atomic E-state index is 0.140. The van der Waals surface area contributed by atoms with E-state index < -0.39 is 43.4 Å². The second-order valence-electron chi connectivity index (χ2n) is 6.69. The maximum Gasteiger partial charge on any atom is 0.407 e. The van der Waals surface area contributed by atoms with Crippen molar-refractivity contribution in [2.24, 2.45) is 5.92 Å². The molecule has 0 saturated heterocycles. The van der Waals surface area contributed by atoms with E-state index in [2.05, 4.69) is 53.1 Å². The number of halogens is 9. The van der Waals surface area contributed by atoms with Crippen molar-refractivity contribution in [1.82, 2.24) is 5.32 Å². The molecule has 11 heteroatoms. The first-order chi connectivity index (χ1) is 14.2. The summed E-state index contributed by atoms with van der Waals surface area (Å²) >= 11 is 9.75. The minimum Gasteiger partial charge on any atom is -0.395 e. The number of rotatable bonds is 6. The van der Waals surface area contributed by atoms with Crippen LogP contribution in [0.4, 0.5) is 26.3 Å². The Kier molecular flexibility index (Phi) is 11.5. The van der Waals surface area contributed by atoms with Gasteiger partial charge in [-0.05, 0) is 48.4 Å². The largest absolute Gasteiger partial charge is 0.407 e. The van der Waals surface area contributed by atoms with E-state index in [4.69, 9.17) is 5.11 Å². The van der Waals surface area contributed by atoms with Gasteiger partial charge in [-0.15, -0.1) is 0 Å². The van der Waals surface area contributed by atoms with Crippen LogP contribution in [0.2, 0.25) is 0 Å². The normalized spacial score (nSPS) is 14.9. The third-order valence-electron chi connectivity index (χ3n) is 4.15. The molecule has 0 aliphatic carbocycles. The minimum atomic E-state index is -4.71. The molecule has 2 aromatic rings. The molecule has 2 nitrogen and oxygen atoms in total. The van der Waals surface area contributed by atoms with Crippen molar-refractivity contribution in [3.05, 3.63) is 67.5 Å². The third kappa shape index (κ3) is 10.7. The van der Waals surface area contributed by atoms with Crippen molar-refractivity contribution in [2.45, 2.75) is 37.8 Å². The highest BCUT2D eigenvalue weighted by Gasteiger charge is 2.43. The van der Waals surface area contributed by atoms with E-state index in [0.717, 1.165) is 15.9 Å². The number of hydrogen-bond acceptors (Lipinski definition) is 2. The van der Waals surface area contributed by atoms with Gasteiger partial charge in [-0.2, -0.15) is 26.3 Å². The molecule has 0 fully saturated rings. The van der Waals surface area contributed by atoms with Crippen LogP contribution in [-0.4, -0.2) is 30.1 Å². The Morgan fingerprint density at radius 2 is 1.16 bits per heavy atom. The molecular weight excluding hydrogens is 624 g/mol. The zero-order chi connectivity index (χ0) is 23.8. The van der Waals surface area contributed by atoms with Gasteiger partial charge in [-0.3, -0.25) is 5.32 Å². The van der Waals surface area contributed by atoms with E-state index in [9.17, 15) is 26.3 Å². The van der Waals surface area contributed by atoms with Gasteiger partial charge in [-0.25, -0.2) is 0 Å². The first kappa shape index (κ1) is 28.4. The maximum atomic E-state index is 13.2. The van der Waals surface area contributed by atoms with Crippen molar-refractivity contribution in [3.63, 3.8) is 0 Å². The van der Waals surface area contributed by atoms with Crippen LogP contribution in [-0.2, 0) is 0 Å². The summed E-state index contributed by atoms with van der Waals surface area (Å²) in [4.78, 5) is 0. The fraction of sp³-hybridized carbons (Fsp3) is 0.400. The Morgan fingerprint density at radius 1 is 0.774 bits per heavy atom. The Morgan fingerprint density at radius 3 is 1.48 bits per heavy atom. The van der Waals surface area contributed by atoms with E-state index in [1.807, 2.05) is 24.3 Å². The summed E-state index contributed by atoms with van der Waals surface area (Å²) in [5.74, 6) is -1.83. The lowest BCUT2D eigenvalue weighted by Crippen LogP contribution is -2.44. The highest BCUT2D eigenvalue weighted by Crippen LogP contribution is 2.35. The summed E-state index contributed by atoms with van der Waals surface area (Å²) in [6.07, 6.45) is -9.88. The monoisotopic (exact) mass is 641 g/mol. The number of nitrogens with one attached hydrogen (secondary N) is 1. The molecule has 0 radical (unpaired) electrons. The Balaban J connectivity index is 0.000000500. The average molecular weight is 644 g/mol. The van der Waals surface area contributed by atoms with E-state index in [1.165, 1.54) is 24.3 Å². The lowest BCUT2D eigenvalue weighted by molar-refractivity contribution is -0.177.